The molecule has 3 N–H and O–H groups in total. The van der Waals surface area contributed by atoms with E-state index in [1.807, 2.05) is 4.90 Å². The van der Waals surface area contributed by atoms with E-state index < -0.39 is 0 Å². The van der Waals surface area contributed by atoms with Crippen LogP contribution in [0.15, 0.2) is 18.2 Å². The van der Waals surface area contributed by atoms with Gasteiger partial charge in [-0.2, -0.15) is 0 Å². The average molecular weight is 262 g/mol. The molecule has 0 aliphatic carbocycles. The fraction of sp³-hybridized carbons (Fsp3) is 0.500. The fourth-order valence-corrected chi connectivity index (χ4v) is 3.17. The molecule has 2 fully saturated rings. The molecule has 0 saturated carbocycles. The summed E-state index contributed by atoms with van der Waals surface area (Å²) in [6.07, 6.45) is 2.14. The number of carbonyl (C=O) groups excluding carboxylic acids is 1. The van der Waals surface area contributed by atoms with E-state index in [1.165, 1.54) is 18.2 Å². The number of phenols is 2. The van der Waals surface area contributed by atoms with Crippen molar-refractivity contribution in [3.63, 3.8) is 0 Å². The first-order chi connectivity index (χ1) is 9.16. The lowest BCUT2D eigenvalue weighted by Gasteiger charge is -2.37. The topological polar surface area (TPSA) is 72.8 Å². The van der Waals surface area contributed by atoms with Crippen molar-refractivity contribution in [2.45, 2.75) is 18.9 Å². The van der Waals surface area contributed by atoms with E-state index in [-0.39, 0.29) is 29.0 Å². The van der Waals surface area contributed by atoms with Gasteiger partial charge in [-0.3, -0.25) is 4.79 Å². The van der Waals surface area contributed by atoms with Gasteiger partial charge in [0.2, 0.25) is 0 Å². The van der Waals surface area contributed by atoms with E-state index in [0.29, 0.717) is 5.92 Å². The third kappa shape index (κ3) is 2.14. The minimum atomic E-state index is -0.188. The minimum Gasteiger partial charge on any atom is -0.508 e. The Morgan fingerprint density at radius 2 is 2.16 bits per heavy atom. The minimum absolute atomic E-state index is 0.000689. The van der Waals surface area contributed by atoms with Crippen molar-refractivity contribution in [1.82, 2.24) is 10.2 Å². The first kappa shape index (κ1) is 12.3. The third-order valence-corrected chi connectivity index (χ3v) is 4.15. The van der Waals surface area contributed by atoms with Crippen LogP contribution in [0.2, 0.25) is 0 Å². The Balaban J connectivity index is 1.88. The van der Waals surface area contributed by atoms with Crippen molar-refractivity contribution in [3.05, 3.63) is 23.8 Å². The molecule has 0 radical (unpaired) electrons. The number of nitrogens with one attached hydrogen (secondary N) is 1. The summed E-state index contributed by atoms with van der Waals surface area (Å²) < 4.78 is 0. The van der Waals surface area contributed by atoms with Crippen LogP contribution in [0, 0.1) is 5.92 Å². The standard InChI is InChI=1S/C14H18N2O3/c17-10-3-4-13(18)11(6-10)14(19)16-5-1-2-9-7-15-8-12(9)16/h3-4,6,9,12,15,17-18H,1-2,5,7-8H2. The molecule has 1 amide bonds. The summed E-state index contributed by atoms with van der Waals surface area (Å²) in [5.41, 5.74) is 0.188. The lowest BCUT2D eigenvalue weighted by molar-refractivity contribution is 0.0571. The quantitative estimate of drug-likeness (QED) is 0.658. The summed E-state index contributed by atoms with van der Waals surface area (Å²) in [4.78, 5) is 14.4. The molecule has 3 rings (SSSR count). The maximum Gasteiger partial charge on any atom is 0.258 e. The zero-order valence-electron chi connectivity index (χ0n) is 10.7. The number of rotatable bonds is 1. The van der Waals surface area contributed by atoms with E-state index in [0.717, 1.165) is 32.5 Å². The number of benzene rings is 1. The molecule has 5 heteroatoms. The van der Waals surface area contributed by atoms with Crippen LogP contribution in [-0.2, 0) is 0 Å². The number of fused-ring (bicyclic) bond motifs is 1. The second kappa shape index (κ2) is 4.74. The lowest BCUT2D eigenvalue weighted by atomic mass is 9.91. The molecule has 102 valence electrons. The van der Waals surface area contributed by atoms with Crippen molar-refractivity contribution < 1.29 is 15.0 Å². The average Bonchev–Trinajstić information content (AvgIpc) is 2.89. The van der Waals surface area contributed by atoms with Crippen LogP contribution in [0.5, 0.6) is 11.5 Å². The van der Waals surface area contributed by atoms with Gasteiger partial charge in [0, 0.05) is 25.7 Å². The van der Waals surface area contributed by atoms with Crippen LogP contribution in [0.1, 0.15) is 23.2 Å². The number of piperidine rings is 1. The monoisotopic (exact) mass is 262 g/mol. The zero-order chi connectivity index (χ0) is 13.4. The van der Waals surface area contributed by atoms with Gasteiger partial charge in [-0.25, -0.2) is 0 Å². The Morgan fingerprint density at radius 1 is 1.32 bits per heavy atom. The normalized spacial score (nSPS) is 26.2. The van der Waals surface area contributed by atoms with Gasteiger partial charge in [-0.15, -0.1) is 0 Å². The number of phenolic OH excluding ortho intramolecular Hbond substituents is 2. The van der Waals surface area contributed by atoms with Crippen molar-refractivity contribution in [2.75, 3.05) is 19.6 Å². The summed E-state index contributed by atoms with van der Waals surface area (Å²) >= 11 is 0. The van der Waals surface area contributed by atoms with Gasteiger partial charge >= 0.3 is 0 Å². The van der Waals surface area contributed by atoms with E-state index in [9.17, 15) is 15.0 Å². The molecule has 2 aliphatic rings. The van der Waals surface area contributed by atoms with Crippen molar-refractivity contribution in [3.8, 4) is 11.5 Å². The van der Waals surface area contributed by atoms with E-state index in [4.69, 9.17) is 0 Å². The first-order valence-electron chi connectivity index (χ1n) is 6.70. The van der Waals surface area contributed by atoms with Gasteiger partial charge < -0.3 is 20.4 Å². The van der Waals surface area contributed by atoms with Gasteiger partial charge in [-0.1, -0.05) is 0 Å². The van der Waals surface area contributed by atoms with E-state index in [1.54, 1.807) is 0 Å². The molecule has 2 heterocycles. The summed E-state index contributed by atoms with van der Waals surface area (Å²) in [5.74, 6) is 0.249. The number of nitrogens with zero attached hydrogens (tertiary/aromatic N) is 1. The summed E-state index contributed by atoms with van der Waals surface area (Å²) in [6.45, 7) is 2.49. The maximum absolute atomic E-state index is 12.5. The van der Waals surface area contributed by atoms with Gasteiger partial charge in [0.05, 0.1) is 5.56 Å². The predicted molar refractivity (Wildman–Crippen MR) is 70.2 cm³/mol. The largest absolute Gasteiger partial charge is 0.508 e. The van der Waals surface area contributed by atoms with Gasteiger partial charge in [0.25, 0.3) is 5.91 Å². The molecule has 1 aromatic rings. The Kier molecular flexibility index (Phi) is 3.06. The smallest absolute Gasteiger partial charge is 0.258 e. The highest BCUT2D eigenvalue weighted by atomic mass is 16.3. The van der Waals surface area contributed by atoms with E-state index >= 15 is 0 Å². The highest BCUT2D eigenvalue weighted by molar-refractivity contribution is 5.97. The predicted octanol–water partition coefficient (Wildman–Crippen LogP) is 0.922. The van der Waals surface area contributed by atoms with Gasteiger partial charge in [0.1, 0.15) is 11.5 Å². The second-order valence-corrected chi connectivity index (χ2v) is 5.33. The molecule has 1 aromatic carbocycles. The van der Waals surface area contributed by atoms with E-state index in [2.05, 4.69) is 5.32 Å². The number of carbonyl (C=O) groups is 1. The fourth-order valence-electron chi connectivity index (χ4n) is 3.17. The molecular weight excluding hydrogens is 244 g/mol. The Labute approximate surface area is 111 Å². The zero-order valence-corrected chi connectivity index (χ0v) is 10.7. The Morgan fingerprint density at radius 3 is 3.00 bits per heavy atom. The van der Waals surface area contributed by atoms with Crippen LogP contribution in [0.25, 0.3) is 0 Å². The highest BCUT2D eigenvalue weighted by Crippen LogP contribution is 2.30. The molecule has 2 saturated heterocycles. The molecule has 0 spiro atoms. The second-order valence-electron chi connectivity index (χ2n) is 5.33. The molecule has 19 heavy (non-hydrogen) atoms. The van der Waals surface area contributed by atoms with Gasteiger partial charge in [-0.05, 0) is 37.0 Å². The molecule has 2 unspecified atom stereocenters. The third-order valence-electron chi connectivity index (χ3n) is 4.15. The van der Waals surface area contributed by atoms with Crippen molar-refractivity contribution in [2.24, 2.45) is 5.92 Å². The van der Waals surface area contributed by atoms with Crippen LogP contribution in [0.4, 0.5) is 0 Å². The van der Waals surface area contributed by atoms with Crippen LogP contribution < -0.4 is 5.32 Å². The summed E-state index contributed by atoms with van der Waals surface area (Å²) in [5, 5.41) is 22.6. The molecule has 5 nitrogen and oxygen atoms in total. The molecular formula is C14H18N2O3. The van der Waals surface area contributed by atoms with Crippen molar-refractivity contribution in [1.29, 1.82) is 0 Å². The first-order valence-corrected chi connectivity index (χ1v) is 6.70. The van der Waals surface area contributed by atoms with Crippen LogP contribution in [0.3, 0.4) is 0 Å². The maximum atomic E-state index is 12.5. The molecule has 2 aliphatic heterocycles. The van der Waals surface area contributed by atoms with Crippen LogP contribution >= 0.6 is 0 Å². The SMILES string of the molecule is O=C(c1cc(O)ccc1O)N1CCCC2CNCC21. The van der Waals surface area contributed by atoms with Crippen molar-refractivity contribution >= 4 is 5.91 Å². The molecule has 2 atom stereocenters. The Bertz CT molecular complexity index is 503. The summed E-state index contributed by atoms with van der Waals surface area (Å²) in [7, 11) is 0. The number of amides is 1. The highest BCUT2D eigenvalue weighted by Gasteiger charge is 2.38. The molecule has 0 aromatic heterocycles. The number of hydrogen-bond acceptors (Lipinski definition) is 4. The Hall–Kier alpha value is -1.75. The number of hydrogen-bond donors (Lipinski definition) is 3. The van der Waals surface area contributed by atoms with Gasteiger partial charge in [0.15, 0.2) is 0 Å². The van der Waals surface area contributed by atoms with Crippen LogP contribution in [-0.4, -0.2) is 46.7 Å². The molecule has 0 bridgehead atoms. The lowest BCUT2D eigenvalue weighted by Crippen LogP contribution is -2.48. The number of aromatic hydroxyl groups is 2. The summed E-state index contributed by atoms with van der Waals surface area (Å²) in [6, 6.07) is 4.28. The number of likely N-dealkylation sites (tertiary alicyclic amines) is 1.